The number of benzene rings is 1. The average Bonchev–Trinajstić information content (AvgIpc) is 2.23. The SMILES string of the molecule is CCNC(=O)CNCc1cc(F)ccc1O. The average molecular weight is 226 g/mol. The van der Waals surface area contributed by atoms with E-state index in [-0.39, 0.29) is 24.7 Å². The number of aromatic hydroxyl groups is 1. The molecule has 0 radical (unpaired) electrons. The third kappa shape index (κ3) is 3.86. The molecule has 4 nitrogen and oxygen atoms in total. The van der Waals surface area contributed by atoms with E-state index in [0.29, 0.717) is 12.1 Å². The molecule has 0 aliphatic carbocycles. The van der Waals surface area contributed by atoms with E-state index in [1.165, 1.54) is 18.2 Å². The number of nitrogens with one attached hydrogen (secondary N) is 2. The smallest absolute Gasteiger partial charge is 0.233 e. The largest absolute Gasteiger partial charge is 0.508 e. The van der Waals surface area contributed by atoms with Crippen molar-refractivity contribution in [2.45, 2.75) is 13.5 Å². The summed E-state index contributed by atoms with van der Waals surface area (Å²) in [7, 11) is 0. The van der Waals surface area contributed by atoms with Crippen molar-refractivity contribution in [3.63, 3.8) is 0 Å². The van der Waals surface area contributed by atoms with Crippen LogP contribution in [0.4, 0.5) is 4.39 Å². The highest BCUT2D eigenvalue weighted by Crippen LogP contribution is 2.17. The van der Waals surface area contributed by atoms with Crippen LogP contribution < -0.4 is 10.6 Å². The summed E-state index contributed by atoms with van der Waals surface area (Å²) in [5, 5.41) is 14.8. The maximum Gasteiger partial charge on any atom is 0.233 e. The second-order valence-corrected chi connectivity index (χ2v) is 3.33. The Labute approximate surface area is 93.5 Å². The number of phenolic OH excluding ortho intramolecular Hbond substituents is 1. The van der Waals surface area contributed by atoms with Crippen molar-refractivity contribution in [2.24, 2.45) is 0 Å². The maximum absolute atomic E-state index is 12.8. The molecule has 0 saturated carbocycles. The van der Waals surface area contributed by atoms with Crippen LogP contribution in [-0.2, 0) is 11.3 Å². The number of likely N-dealkylation sites (N-methyl/N-ethyl adjacent to an activating group) is 1. The number of carbonyl (C=O) groups excluding carboxylic acids is 1. The highest BCUT2D eigenvalue weighted by Gasteiger charge is 2.03. The summed E-state index contributed by atoms with van der Waals surface area (Å²) in [6, 6.07) is 3.71. The van der Waals surface area contributed by atoms with E-state index < -0.39 is 5.82 Å². The maximum atomic E-state index is 12.8. The van der Waals surface area contributed by atoms with Gasteiger partial charge in [-0.25, -0.2) is 4.39 Å². The van der Waals surface area contributed by atoms with Crippen molar-refractivity contribution in [3.8, 4) is 5.75 Å². The van der Waals surface area contributed by atoms with Crippen molar-refractivity contribution in [1.82, 2.24) is 10.6 Å². The van der Waals surface area contributed by atoms with Crippen molar-refractivity contribution in [2.75, 3.05) is 13.1 Å². The molecule has 0 aliphatic heterocycles. The van der Waals surface area contributed by atoms with Crippen LogP contribution in [0.1, 0.15) is 12.5 Å². The number of rotatable bonds is 5. The molecule has 1 rings (SSSR count). The van der Waals surface area contributed by atoms with Crippen LogP contribution in [0.5, 0.6) is 5.75 Å². The van der Waals surface area contributed by atoms with Crippen LogP contribution in [0.25, 0.3) is 0 Å². The number of carbonyl (C=O) groups is 1. The van der Waals surface area contributed by atoms with Crippen molar-refractivity contribution in [1.29, 1.82) is 0 Å². The van der Waals surface area contributed by atoms with Gasteiger partial charge < -0.3 is 15.7 Å². The van der Waals surface area contributed by atoms with Crippen LogP contribution in [-0.4, -0.2) is 24.1 Å². The molecule has 0 unspecified atom stereocenters. The first kappa shape index (κ1) is 12.4. The minimum atomic E-state index is -0.410. The summed E-state index contributed by atoms with van der Waals surface area (Å²) in [4.78, 5) is 11.1. The molecule has 0 spiro atoms. The van der Waals surface area contributed by atoms with Crippen molar-refractivity contribution >= 4 is 5.91 Å². The topological polar surface area (TPSA) is 61.4 Å². The number of phenols is 1. The standard InChI is InChI=1S/C11H15FN2O2/c1-2-14-11(16)7-13-6-8-5-9(12)3-4-10(8)15/h3-5,13,15H,2,6-7H2,1H3,(H,14,16). The lowest BCUT2D eigenvalue weighted by Gasteiger charge is -2.06. The van der Waals surface area contributed by atoms with E-state index in [4.69, 9.17) is 0 Å². The number of hydrogen-bond donors (Lipinski definition) is 3. The molecule has 0 saturated heterocycles. The van der Waals surface area contributed by atoms with Gasteiger partial charge in [-0.05, 0) is 25.1 Å². The molecular formula is C11H15FN2O2. The molecule has 16 heavy (non-hydrogen) atoms. The number of hydrogen-bond acceptors (Lipinski definition) is 3. The van der Waals surface area contributed by atoms with Gasteiger partial charge in [0.15, 0.2) is 0 Å². The molecule has 1 aromatic carbocycles. The summed E-state index contributed by atoms with van der Waals surface area (Å²) < 4.78 is 12.8. The Bertz CT molecular complexity index is 369. The molecular weight excluding hydrogens is 211 g/mol. The zero-order chi connectivity index (χ0) is 12.0. The van der Waals surface area contributed by atoms with E-state index in [0.717, 1.165) is 0 Å². The Kier molecular flexibility index (Phi) is 4.72. The van der Waals surface area contributed by atoms with Gasteiger partial charge in [0.25, 0.3) is 0 Å². The van der Waals surface area contributed by atoms with Crippen LogP contribution in [0.2, 0.25) is 0 Å². The van der Waals surface area contributed by atoms with Crippen LogP contribution in [0, 0.1) is 5.82 Å². The zero-order valence-corrected chi connectivity index (χ0v) is 9.09. The van der Waals surface area contributed by atoms with E-state index in [9.17, 15) is 14.3 Å². The second-order valence-electron chi connectivity index (χ2n) is 3.33. The fourth-order valence-corrected chi connectivity index (χ4v) is 1.27. The van der Waals surface area contributed by atoms with E-state index in [1.807, 2.05) is 6.92 Å². The molecule has 0 heterocycles. The minimum Gasteiger partial charge on any atom is -0.508 e. The van der Waals surface area contributed by atoms with Gasteiger partial charge >= 0.3 is 0 Å². The van der Waals surface area contributed by atoms with Crippen molar-refractivity contribution in [3.05, 3.63) is 29.6 Å². The Morgan fingerprint density at radius 1 is 1.50 bits per heavy atom. The van der Waals surface area contributed by atoms with Gasteiger partial charge in [0.2, 0.25) is 5.91 Å². The highest BCUT2D eigenvalue weighted by molar-refractivity contribution is 5.77. The quantitative estimate of drug-likeness (QED) is 0.694. The summed E-state index contributed by atoms with van der Waals surface area (Å²) in [6.45, 7) is 2.80. The first-order chi connectivity index (χ1) is 7.63. The third-order valence-corrected chi connectivity index (χ3v) is 2.02. The third-order valence-electron chi connectivity index (χ3n) is 2.02. The van der Waals surface area contributed by atoms with Gasteiger partial charge in [-0.1, -0.05) is 0 Å². The van der Waals surface area contributed by atoms with Gasteiger partial charge in [-0.3, -0.25) is 4.79 Å². The monoisotopic (exact) mass is 226 g/mol. The molecule has 0 aromatic heterocycles. The first-order valence-corrected chi connectivity index (χ1v) is 5.08. The molecule has 3 N–H and O–H groups in total. The van der Waals surface area contributed by atoms with Gasteiger partial charge in [-0.2, -0.15) is 0 Å². The second kappa shape index (κ2) is 6.07. The molecule has 0 aliphatic rings. The van der Waals surface area contributed by atoms with Gasteiger partial charge in [0, 0.05) is 18.7 Å². The first-order valence-electron chi connectivity index (χ1n) is 5.08. The zero-order valence-electron chi connectivity index (χ0n) is 9.09. The summed E-state index contributed by atoms with van der Waals surface area (Å²) >= 11 is 0. The molecule has 0 atom stereocenters. The molecule has 1 amide bonds. The van der Waals surface area contributed by atoms with E-state index in [2.05, 4.69) is 10.6 Å². The molecule has 5 heteroatoms. The van der Waals surface area contributed by atoms with Gasteiger partial charge in [0.05, 0.1) is 6.54 Å². The summed E-state index contributed by atoms with van der Waals surface area (Å²) in [6.07, 6.45) is 0. The predicted molar refractivity (Wildman–Crippen MR) is 58.5 cm³/mol. The van der Waals surface area contributed by atoms with Crippen molar-refractivity contribution < 1.29 is 14.3 Å². The number of halogens is 1. The van der Waals surface area contributed by atoms with Crippen LogP contribution >= 0.6 is 0 Å². The predicted octanol–water partition coefficient (Wildman–Crippen LogP) is 0.757. The van der Waals surface area contributed by atoms with Crippen LogP contribution in [0.3, 0.4) is 0 Å². The fraction of sp³-hybridized carbons (Fsp3) is 0.364. The summed E-state index contributed by atoms with van der Waals surface area (Å²) in [5.41, 5.74) is 0.435. The van der Waals surface area contributed by atoms with E-state index >= 15 is 0 Å². The van der Waals surface area contributed by atoms with Gasteiger partial charge in [0.1, 0.15) is 11.6 Å². The lowest BCUT2D eigenvalue weighted by Crippen LogP contribution is -2.33. The molecule has 88 valence electrons. The highest BCUT2D eigenvalue weighted by atomic mass is 19.1. The Hall–Kier alpha value is -1.62. The summed E-state index contributed by atoms with van der Waals surface area (Å²) in [5.74, 6) is -0.518. The Morgan fingerprint density at radius 2 is 2.25 bits per heavy atom. The Balaban J connectivity index is 2.42. The lowest BCUT2D eigenvalue weighted by molar-refractivity contribution is -0.120. The van der Waals surface area contributed by atoms with Crippen LogP contribution in [0.15, 0.2) is 18.2 Å². The lowest BCUT2D eigenvalue weighted by atomic mass is 10.2. The molecule has 0 bridgehead atoms. The normalized spacial score (nSPS) is 10.1. The van der Waals surface area contributed by atoms with Gasteiger partial charge in [-0.15, -0.1) is 0 Å². The molecule has 1 aromatic rings. The fourth-order valence-electron chi connectivity index (χ4n) is 1.27. The minimum absolute atomic E-state index is 0.0183. The van der Waals surface area contributed by atoms with E-state index in [1.54, 1.807) is 0 Å². The number of amides is 1. The Morgan fingerprint density at radius 3 is 2.94 bits per heavy atom. The molecule has 0 fully saturated rings.